The molecule has 0 saturated heterocycles. The summed E-state index contributed by atoms with van der Waals surface area (Å²) >= 11 is 2.32. The van der Waals surface area contributed by atoms with Crippen molar-refractivity contribution in [1.82, 2.24) is 0 Å². The summed E-state index contributed by atoms with van der Waals surface area (Å²) in [5.41, 5.74) is 0. The van der Waals surface area contributed by atoms with E-state index in [0.717, 1.165) is 22.8 Å². The summed E-state index contributed by atoms with van der Waals surface area (Å²) in [5.74, 6) is -0.574. The van der Waals surface area contributed by atoms with Gasteiger partial charge in [-0.2, -0.15) is 0 Å². The van der Waals surface area contributed by atoms with Gasteiger partial charge >= 0.3 is 11.9 Å². The molecule has 2 aromatic heterocycles. The van der Waals surface area contributed by atoms with Crippen LogP contribution in [0.3, 0.4) is 0 Å². The number of methoxy groups -OCH3 is 2. The lowest BCUT2D eigenvalue weighted by Crippen LogP contribution is -1.91. The van der Waals surface area contributed by atoms with E-state index < -0.39 is 11.9 Å². The van der Waals surface area contributed by atoms with Crippen molar-refractivity contribution in [3.8, 4) is 11.5 Å². The number of carboxylic acid groups (broad SMARTS) is 2. The van der Waals surface area contributed by atoms with Gasteiger partial charge in [0.25, 0.3) is 0 Å². The van der Waals surface area contributed by atoms with Gasteiger partial charge < -0.3 is 19.7 Å². The molecule has 6 nitrogen and oxygen atoms in total. The van der Waals surface area contributed by atoms with Crippen molar-refractivity contribution in [3.05, 3.63) is 32.6 Å². The predicted molar refractivity (Wildman–Crippen MR) is 75.7 cm³/mol. The fourth-order valence-electron chi connectivity index (χ4n) is 1.14. The monoisotopic (exact) mass is 316 g/mol. The molecule has 0 atom stereocenters. The number of thiophene rings is 2. The average molecular weight is 316 g/mol. The van der Waals surface area contributed by atoms with Crippen LogP contribution in [0.1, 0.15) is 19.3 Å². The molecule has 0 aromatic carbocycles. The highest BCUT2D eigenvalue weighted by Gasteiger charge is 2.10. The molecule has 2 N–H and O–H groups in total. The second-order valence-electron chi connectivity index (χ2n) is 3.28. The van der Waals surface area contributed by atoms with Crippen LogP contribution in [-0.4, -0.2) is 36.4 Å². The zero-order chi connectivity index (χ0) is 15.1. The molecule has 0 aliphatic rings. The minimum atomic E-state index is -1.09. The van der Waals surface area contributed by atoms with E-state index in [1.807, 2.05) is 10.8 Å². The van der Waals surface area contributed by atoms with Crippen LogP contribution in [0.15, 0.2) is 22.9 Å². The molecule has 0 radical (unpaired) electrons. The Hall–Kier alpha value is -2.06. The zero-order valence-electron chi connectivity index (χ0n) is 10.7. The molecule has 0 fully saturated rings. The molecular weight excluding hydrogens is 304 g/mol. The van der Waals surface area contributed by atoms with Gasteiger partial charge in [-0.3, -0.25) is 0 Å². The van der Waals surface area contributed by atoms with Crippen molar-refractivity contribution in [2.45, 2.75) is 0 Å². The zero-order valence-corrected chi connectivity index (χ0v) is 12.3. The second kappa shape index (κ2) is 7.51. The largest absolute Gasteiger partial charge is 0.492 e. The third-order valence-corrected chi connectivity index (χ3v) is 3.82. The molecule has 0 bridgehead atoms. The van der Waals surface area contributed by atoms with Crippen molar-refractivity contribution >= 4 is 34.6 Å². The summed E-state index contributed by atoms with van der Waals surface area (Å²) in [4.78, 5) is 20.6. The number of carboxylic acids is 2. The Bertz CT molecular complexity index is 539. The molecule has 0 saturated carbocycles. The van der Waals surface area contributed by atoms with Crippen LogP contribution in [0.4, 0.5) is 0 Å². The van der Waals surface area contributed by atoms with Crippen LogP contribution < -0.4 is 9.47 Å². The normalized spacial score (nSPS) is 9.30. The van der Waals surface area contributed by atoms with Gasteiger partial charge in [-0.05, 0) is 12.1 Å². The van der Waals surface area contributed by atoms with E-state index in [1.165, 1.54) is 12.1 Å². The average Bonchev–Trinajstić information content (AvgIpc) is 3.07. The molecular formula is C12H12O6S2. The van der Waals surface area contributed by atoms with Crippen molar-refractivity contribution in [1.29, 1.82) is 0 Å². The van der Waals surface area contributed by atoms with Gasteiger partial charge in [0.2, 0.25) is 0 Å². The van der Waals surface area contributed by atoms with E-state index in [9.17, 15) is 9.59 Å². The van der Waals surface area contributed by atoms with Gasteiger partial charge in [-0.25, -0.2) is 9.59 Å². The Balaban J connectivity index is 0.000000204. The van der Waals surface area contributed by atoms with E-state index in [0.29, 0.717) is 0 Å². The van der Waals surface area contributed by atoms with E-state index in [2.05, 4.69) is 0 Å². The summed E-state index contributed by atoms with van der Waals surface area (Å²) in [6, 6.07) is 2.55. The smallest absolute Gasteiger partial charge is 0.345 e. The van der Waals surface area contributed by atoms with Crippen LogP contribution in [0, 0.1) is 0 Å². The van der Waals surface area contributed by atoms with Gasteiger partial charge in [0, 0.05) is 10.8 Å². The lowest BCUT2D eigenvalue weighted by Gasteiger charge is -1.98. The molecule has 0 spiro atoms. The van der Waals surface area contributed by atoms with Crippen molar-refractivity contribution in [2.24, 2.45) is 0 Å². The minimum absolute atomic E-state index is 0.0439. The number of hydrogen-bond acceptors (Lipinski definition) is 6. The summed E-state index contributed by atoms with van der Waals surface area (Å²) in [6.07, 6.45) is 0. The Kier molecular flexibility index (Phi) is 6.01. The summed E-state index contributed by atoms with van der Waals surface area (Å²) in [7, 11) is 3.26. The number of ether oxygens (including phenoxy) is 2. The fraction of sp³-hybridized carbons (Fsp3) is 0.167. The number of carbonyl (C=O) groups is 2. The van der Waals surface area contributed by atoms with Crippen LogP contribution in [0.25, 0.3) is 0 Å². The number of hydrogen-bond donors (Lipinski definition) is 2. The van der Waals surface area contributed by atoms with Crippen LogP contribution >= 0.6 is 22.7 Å². The third-order valence-electron chi connectivity index (χ3n) is 2.06. The first kappa shape index (κ1) is 16.0. The predicted octanol–water partition coefficient (Wildman–Crippen LogP) is 2.91. The third kappa shape index (κ3) is 4.25. The van der Waals surface area contributed by atoms with Crippen LogP contribution in [0.2, 0.25) is 0 Å². The first-order valence-corrected chi connectivity index (χ1v) is 6.96. The Morgan fingerprint density at radius 1 is 0.950 bits per heavy atom. The van der Waals surface area contributed by atoms with Gasteiger partial charge in [0.05, 0.1) is 14.2 Å². The second-order valence-corrected chi connectivity index (χ2v) is 5.11. The number of aromatic carboxylic acids is 2. The number of rotatable bonds is 4. The SMILES string of the molecule is COc1cscc1OC.O=C(O)c1ccc(C(=O)O)s1. The maximum atomic E-state index is 10.3. The first-order chi connectivity index (χ1) is 9.49. The molecule has 0 aliphatic carbocycles. The highest BCUT2D eigenvalue weighted by Crippen LogP contribution is 2.30. The molecule has 8 heteroatoms. The Morgan fingerprint density at radius 3 is 1.60 bits per heavy atom. The van der Waals surface area contributed by atoms with Gasteiger partial charge in [0.15, 0.2) is 11.5 Å². The van der Waals surface area contributed by atoms with Gasteiger partial charge in [-0.1, -0.05) is 0 Å². The van der Waals surface area contributed by atoms with Crippen molar-refractivity contribution in [2.75, 3.05) is 14.2 Å². The van der Waals surface area contributed by atoms with Crippen LogP contribution in [0.5, 0.6) is 11.5 Å². The standard InChI is InChI=1S/C6H4O4S.C6H8O2S/c7-5(8)3-1-2-4(11-3)6(9)10;1-7-5-3-9-4-6(5)8-2/h1-2H,(H,7,8)(H,9,10);3-4H,1-2H3. The summed E-state index contributed by atoms with van der Waals surface area (Å²) in [6.45, 7) is 0. The molecule has 108 valence electrons. The highest BCUT2D eigenvalue weighted by atomic mass is 32.1. The molecule has 20 heavy (non-hydrogen) atoms. The van der Waals surface area contributed by atoms with E-state index in [1.54, 1.807) is 25.6 Å². The fourth-order valence-corrected chi connectivity index (χ4v) is 2.56. The quantitative estimate of drug-likeness (QED) is 0.901. The van der Waals surface area contributed by atoms with E-state index in [4.69, 9.17) is 19.7 Å². The van der Waals surface area contributed by atoms with Gasteiger partial charge in [-0.15, -0.1) is 22.7 Å². The molecule has 2 heterocycles. The molecule has 0 aliphatic heterocycles. The topological polar surface area (TPSA) is 93.1 Å². The molecule has 2 aromatic rings. The van der Waals surface area contributed by atoms with Crippen molar-refractivity contribution < 1.29 is 29.3 Å². The van der Waals surface area contributed by atoms with Crippen LogP contribution in [-0.2, 0) is 0 Å². The Morgan fingerprint density at radius 2 is 1.35 bits per heavy atom. The molecule has 2 rings (SSSR count). The highest BCUT2D eigenvalue weighted by molar-refractivity contribution is 7.15. The minimum Gasteiger partial charge on any atom is -0.492 e. The lowest BCUT2D eigenvalue weighted by molar-refractivity contribution is 0.0693. The maximum Gasteiger partial charge on any atom is 0.345 e. The summed E-state index contributed by atoms with van der Waals surface area (Å²) < 4.78 is 9.92. The van der Waals surface area contributed by atoms with E-state index in [-0.39, 0.29) is 9.75 Å². The maximum absolute atomic E-state index is 10.3. The molecule has 0 amide bonds. The molecule has 0 unspecified atom stereocenters. The first-order valence-electron chi connectivity index (χ1n) is 5.20. The Labute approximate surface area is 122 Å². The van der Waals surface area contributed by atoms with Gasteiger partial charge in [0.1, 0.15) is 9.75 Å². The van der Waals surface area contributed by atoms with Crippen molar-refractivity contribution in [3.63, 3.8) is 0 Å². The lowest BCUT2D eigenvalue weighted by atomic mass is 10.4. The van der Waals surface area contributed by atoms with E-state index >= 15 is 0 Å². The summed E-state index contributed by atoms with van der Waals surface area (Å²) in [5, 5.41) is 20.6.